The van der Waals surface area contributed by atoms with Gasteiger partial charge in [-0.25, -0.2) is 13.2 Å². The molecule has 0 saturated heterocycles. The van der Waals surface area contributed by atoms with Crippen LogP contribution in [0, 0.1) is 13.8 Å². The molecule has 0 atom stereocenters. The average molecular weight is 309 g/mol. The number of sulfonamides is 1. The second-order valence-corrected chi connectivity index (χ2v) is 6.05. The van der Waals surface area contributed by atoms with Gasteiger partial charge in [-0.1, -0.05) is 12.1 Å². The van der Waals surface area contributed by atoms with Crippen molar-refractivity contribution in [3.8, 4) is 0 Å². The van der Waals surface area contributed by atoms with Gasteiger partial charge in [-0.15, -0.1) is 0 Å². The Labute approximate surface area is 122 Å². The van der Waals surface area contributed by atoms with Crippen LogP contribution in [0.5, 0.6) is 0 Å². The van der Waals surface area contributed by atoms with Crippen LogP contribution in [0.4, 0.5) is 5.69 Å². The first-order valence-electron chi connectivity index (χ1n) is 6.08. The zero-order valence-electron chi connectivity index (χ0n) is 11.8. The van der Waals surface area contributed by atoms with E-state index in [0.29, 0.717) is 17.1 Å². The zero-order chi connectivity index (χ0) is 15.6. The molecule has 21 heavy (non-hydrogen) atoms. The number of benzene rings is 1. The van der Waals surface area contributed by atoms with Crippen molar-refractivity contribution in [2.75, 3.05) is 11.8 Å². The third-order valence-corrected chi connectivity index (χ3v) is 4.35. The molecule has 2 rings (SSSR count). The molecule has 2 aromatic rings. The number of nitrogens with one attached hydrogen (secondary N) is 2. The number of esters is 1. The predicted molar refractivity (Wildman–Crippen MR) is 76.7 cm³/mol. The van der Waals surface area contributed by atoms with Crippen molar-refractivity contribution in [1.29, 1.82) is 0 Å². The number of hydrogen-bond donors (Lipinski definition) is 2. The molecule has 1 aromatic carbocycles. The van der Waals surface area contributed by atoms with Crippen molar-refractivity contribution < 1.29 is 17.9 Å². The van der Waals surface area contributed by atoms with Gasteiger partial charge < -0.3 is 4.74 Å². The zero-order valence-corrected chi connectivity index (χ0v) is 12.6. The topological polar surface area (TPSA) is 101 Å². The number of H-pyrrole nitrogens is 1. The summed E-state index contributed by atoms with van der Waals surface area (Å²) in [5.41, 5.74) is 1.46. The number of aromatic amines is 1. The molecule has 1 aromatic heterocycles. The van der Waals surface area contributed by atoms with Gasteiger partial charge in [-0.05, 0) is 26.0 Å². The number of nitrogens with zero attached hydrogens (tertiary/aromatic N) is 1. The lowest BCUT2D eigenvalue weighted by Gasteiger charge is -2.11. The maximum Gasteiger partial charge on any atom is 0.339 e. The Morgan fingerprint density at radius 3 is 2.52 bits per heavy atom. The largest absolute Gasteiger partial charge is 0.465 e. The van der Waals surface area contributed by atoms with Crippen molar-refractivity contribution in [2.45, 2.75) is 18.7 Å². The van der Waals surface area contributed by atoms with Gasteiger partial charge in [0.1, 0.15) is 4.90 Å². The molecule has 7 nitrogen and oxygen atoms in total. The summed E-state index contributed by atoms with van der Waals surface area (Å²) < 4.78 is 32.0. The molecule has 0 bridgehead atoms. The molecule has 0 unspecified atom stereocenters. The minimum absolute atomic E-state index is 0.0219. The normalized spacial score (nSPS) is 11.2. The highest BCUT2D eigenvalue weighted by Crippen LogP contribution is 2.23. The molecule has 0 aliphatic heterocycles. The Hall–Kier alpha value is -2.35. The Kier molecular flexibility index (Phi) is 3.99. The van der Waals surface area contributed by atoms with E-state index < -0.39 is 16.0 Å². The van der Waals surface area contributed by atoms with Crippen LogP contribution < -0.4 is 4.72 Å². The quantitative estimate of drug-likeness (QED) is 0.836. The van der Waals surface area contributed by atoms with Gasteiger partial charge in [0.15, 0.2) is 0 Å². The average Bonchev–Trinajstić information content (AvgIpc) is 2.78. The van der Waals surface area contributed by atoms with Crippen LogP contribution in [0.25, 0.3) is 0 Å². The van der Waals surface area contributed by atoms with Gasteiger partial charge in [0.2, 0.25) is 0 Å². The van der Waals surface area contributed by atoms with E-state index in [1.165, 1.54) is 25.3 Å². The Balaban J connectivity index is 2.48. The first-order valence-corrected chi connectivity index (χ1v) is 7.57. The van der Waals surface area contributed by atoms with Gasteiger partial charge >= 0.3 is 5.97 Å². The standard InChI is InChI=1S/C13H15N3O4S/c1-8-12(9(2)15-14-8)16-21(18,19)11-7-5-4-6-10(11)13(17)20-3/h4-7,16H,1-3H3,(H,14,15). The summed E-state index contributed by atoms with van der Waals surface area (Å²) in [7, 11) is -2.73. The first kappa shape index (κ1) is 15.0. The highest BCUT2D eigenvalue weighted by atomic mass is 32.2. The number of anilines is 1. The molecule has 0 amide bonds. The van der Waals surface area contributed by atoms with E-state index in [1.54, 1.807) is 19.9 Å². The van der Waals surface area contributed by atoms with E-state index in [-0.39, 0.29) is 10.5 Å². The van der Waals surface area contributed by atoms with Crippen LogP contribution in [0.15, 0.2) is 29.2 Å². The molecular weight excluding hydrogens is 294 g/mol. The fourth-order valence-electron chi connectivity index (χ4n) is 1.87. The highest BCUT2D eigenvalue weighted by Gasteiger charge is 2.24. The number of aromatic nitrogens is 2. The second-order valence-electron chi connectivity index (χ2n) is 4.40. The van der Waals surface area contributed by atoms with Crippen molar-refractivity contribution in [3.05, 3.63) is 41.2 Å². The van der Waals surface area contributed by atoms with Crippen molar-refractivity contribution >= 4 is 21.7 Å². The molecule has 2 N–H and O–H groups in total. The molecule has 0 aliphatic carbocycles. The summed E-state index contributed by atoms with van der Waals surface area (Å²) in [4.78, 5) is 11.5. The molecule has 1 heterocycles. The Morgan fingerprint density at radius 2 is 1.95 bits per heavy atom. The summed E-state index contributed by atoms with van der Waals surface area (Å²) in [5, 5.41) is 6.62. The maximum atomic E-state index is 12.5. The molecule has 112 valence electrons. The lowest BCUT2D eigenvalue weighted by atomic mass is 10.2. The van der Waals surface area contributed by atoms with Crippen molar-refractivity contribution in [2.24, 2.45) is 0 Å². The van der Waals surface area contributed by atoms with Gasteiger partial charge in [-0.2, -0.15) is 5.10 Å². The lowest BCUT2D eigenvalue weighted by Crippen LogP contribution is -2.18. The van der Waals surface area contributed by atoms with E-state index >= 15 is 0 Å². The van der Waals surface area contributed by atoms with E-state index in [9.17, 15) is 13.2 Å². The molecule has 0 fully saturated rings. The minimum atomic E-state index is -3.92. The number of carbonyl (C=O) groups excluding carboxylic acids is 1. The van der Waals surface area contributed by atoms with E-state index in [0.717, 1.165) is 0 Å². The summed E-state index contributed by atoms with van der Waals surface area (Å²) >= 11 is 0. The maximum absolute atomic E-state index is 12.5. The van der Waals surface area contributed by atoms with E-state index in [1.807, 2.05) is 0 Å². The molecule has 0 saturated carbocycles. The van der Waals surface area contributed by atoms with Crippen LogP contribution in [0.1, 0.15) is 21.7 Å². The first-order chi connectivity index (χ1) is 9.86. The Morgan fingerprint density at radius 1 is 1.29 bits per heavy atom. The number of rotatable bonds is 4. The molecule has 0 radical (unpaired) electrons. The van der Waals surface area contributed by atoms with E-state index in [4.69, 9.17) is 0 Å². The predicted octanol–water partition coefficient (Wildman–Crippen LogP) is 1.61. The van der Waals surface area contributed by atoms with Crippen LogP contribution in [-0.4, -0.2) is 31.7 Å². The lowest BCUT2D eigenvalue weighted by molar-refractivity contribution is 0.0596. The molecule has 8 heteroatoms. The van der Waals surface area contributed by atoms with Gasteiger partial charge in [0, 0.05) is 0 Å². The van der Waals surface area contributed by atoms with Crippen molar-refractivity contribution in [3.63, 3.8) is 0 Å². The fraction of sp³-hybridized carbons (Fsp3) is 0.231. The smallest absolute Gasteiger partial charge is 0.339 e. The third-order valence-electron chi connectivity index (χ3n) is 2.95. The summed E-state index contributed by atoms with van der Waals surface area (Å²) in [6.07, 6.45) is 0. The minimum Gasteiger partial charge on any atom is -0.465 e. The second kappa shape index (κ2) is 5.57. The summed E-state index contributed by atoms with van der Waals surface area (Å²) in [6, 6.07) is 5.85. The monoisotopic (exact) mass is 309 g/mol. The molecule has 0 aliphatic rings. The number of methoxy groups -OCH3 is 1. The molecular formula is C13H15N3O4S. The van der Waals surface area contributed by atoms with Gasteiger partial charge in [-0.3, -0.25) is 9.82 Å². The van der Waals surface area contributed by atoms with Crippen molar-refractivity contribution in [1.82, 2.24) is 10.2 Å². The summed E-state index contributed by atoms with van der Waals surface area (Å²) in [5.74, 6) is -0.711. The van der Waals surface area contributed by atoms with Crippen LogP contribution in [0.2, 0.25) is 0 Å². The van der Waals surface area contributed by atoms with Crippen LogP contribution >= 0.6 is 0 Å². The number of ether oxygens (including phenoxy) is 1. The molecule has 0 spiro atoms. The third kappa shape index (κ3) is 2.89. The fourth-order valence-corrected chi connectivity index (χ4v) is 3.25. The van der Waals surface area contributed by atoms with Gasteiger partial charge in [0.05, 0.1) is 29.7 Å². The highest BCUT2D eigenvalue weighted by molar-refractivity contribution is 7.92. The van der Waals surface area contributed by atoms with Crippen LogP contribution in [-0.2, 0) is 14.8 Å². The number of hydrogen-bond acceptors (Lipinski definition) is 5. The van der Waals surface area contributed by atoms with Gasteiger partial charge in [0.25, 0.3) is 10.0 Å². The number of aryl methyl sites for hydroxylation is 2. The number of carbonyl (C=O) groups is 1. The Bertz CT molecular complexity index is 761. The van der Waals surface area contributed by atoms with Crippen LogP contribution in [0.3, 0.4) is 0 Å². The SMILES string of the molecule is COC(=O)c1ccccc1S(=O)(=O)Nc1c(C)n[nH]c1C. The summed E-state index contributed by atoms with van der Waals surface area (Å²) in [6.45, 7) is 3.37. The van der Waals surface area contributed by atoms with E-state index in [2.05, 4.69) is 19.7 Å².